The zero-order chi connectivity index (χ0) is 18.5. The van der Waals surface area contributed by atoms with Crippen LogP contribution >= 0.6 is 0 Å². The van der Waals surface area contributed by atoms with E-state index in [1.807, 2.05) is 25.1 Å². The van der Waals surface area contributed by atoms with E-state index in [1.165, 1.54) is 0 Å². The van der Waals surface area contributed by atoms with Crippen LogP contribution in [0.3, 0.4) is 0 Å². The number of hydrogen-bond donors (Lipinski definition) is 2. The maximum Gasteiger partial charge on any atom is 0.418 e. The van der Waals surface area contributed by atoms with Gasteiger partial charge in [0.05, 0.1) is 18.4 Å². The van der Waals surface area contributed by atoms with Gasteiger partial charge in [0.1, 0.15) is 17.2 Å². The monoisotopic (exact) mass is 361 g/mol. The second-order valence-corrected chi connectivity index (χ2v) is 6.62. The molecule has 136 valence electrons. The van der Waals surface area contributed by atoms with Gasteiger partial charge in [-0.3, -0.25) is 0 Å². The van der Waals surface area contributed by atoms with E-state index >= 15 is 0 Å². The maximum atomic E-state index is 13.3. The number of halogens is 3. The zero-order valence-electron chi connectivity index (χ0n) is 14.4. The Kier molecular flexibility index (Phi) is 3.82. The molecule has 0 aliphatic heterocycles. The second-order valence-electron chi connectivity index (χ2n) is 6.62. The van der Waals surface area contributed by atoms with Crippen LogP contribution < -0.4 is 10.1 Å². The molecule has 0 radical (unpaired) electrons. The Labute approximate surface area is 148 Å². The van der Waals surface area contributed by atoms with Crippen molar-refractivity contribution in [3.8, 4) is 5.75 Å². The van der Waals surface area contributed by atoms with Crippen LogP contribution in [0.4, 0.5) is 24.7 Å². The summed E-state index contributed by atoms with van der Waals surface area (Å²) in [6.45, 7) is 1.96. The number of H-pyrrole nitrogens is 1. The SMILES string of the molecule is COc1cc(C)ccc1Nc1cc(C2CC2)c2c(C(F)(F)F)c[nH]c2n1. The molecule has 1 aliphatic carbocycles. The van der Waals surface area contributed by atoms with Crippen molar-refractivity contribution in [2.24, 2.45) is 0 Å². The van der Waals surface area contributed by atoms with Crippen molar-refractivity contribution >= 4 is 22.5 Å². The molecule has 2 N–H and O–H groups in total. The Balaban J connectivity index is 1.80. The third-order valence-electron chi connectivity index (χ3n) is 4.61. The quantitative estimate of drug-likeness (QED) is 0.643. The van der Waals surface area contributed by atoms with Crippen LogP contribution in [0.2, 0.25) is 0 Å². The second kappa shape index (κ2) is 5.93. The number of ether oxygens (including phenoxy) is 1. The largest absolute Gasteiger partial charge is 0.495 e. The van der Waals surface area contributed by atoms with Crippen molar-refractivity contribution in [1.82, 2.24) is 9.97 Å². The highest BCUT2D eigenvalue weighted by atomic mass is 19.4. The molecule has 2 aromatic heterocycles. The lowest BCUT2D eigenvalue weighted by molar-refractivity contribution is -0.136. The molecule has 0 atom stereocenters. The summed E-state index contributed by atoms with van der Waals surface area (Å²) in [6, 6.07) is 7.41. The van der Waals surface area contributed by atoms with Crippen molar-refractivity contribution in [2.45, 2.75) is 31.9 Å². The molecule has 26 heavy (non-hydrogen) atoms. The lowest BCUT2D eigenvalue weighted by Gasteiger charge is -2.14. The summed E-state index contributed by atoms with van der Waals surface area (Å²) in [5.74, 6) is 1.30. The number of rotatable bonds is 4. The fraction of sp³-hybridized carbons (Fsp3) is 0.316. The third kappa shape index (κ3) is 2.98. The molecule has 0 bridgehead atoms. The van der Waals surface area contributed by atoms with Gasteiger partial charge in [-0.15, -0.1) is 0 Å². The first-order valence-electron chi connectivity index (χ1n) is 8.37. The minimum atomic E-state index is -4.40. The smallest absolute Gasteiger partial charge is 0.418 e. The summed E-state index contributed by atoms with van der Waals surface area (Å²) < 4.78 is 45.3. The van der Waals surface area contributed by atoms with Crippen molar-refractivity contribution < 1.29 is 17.9 Å². The van der Waals surface area contributed by atoms with Crippen LogP contribution in [0.15, 0.2) is 30.5 Å². The summed E-state index contributed by atoms with van der Waals surface area (Å²) in [5.41, 5.74) is 2.05. The van der Waals surface area contributed by atoms with Crippen LogP contribution in [0, 0.1) is 6.92 Å². The minimum absolute atomic E-state index is 0.151. The van der Waals surface area contributed by atoms with E-state index in [0.29, 0.717) is 22.8 Å². The van der Waals surface area contributed by atoms with Crippen molar-refractivity contribution in [3.63, 3.8) is 0 Å². The Bertz CT molecular complexity index is 974. The van der Waals surface area contributed by atoms with E-state index in [1.54, 1.807) is 13.2 Å². The van der Waals surface area contributed by atoms with Crippen molar-refractivity contribution in [1.29, 1.82) is 0 Å². The molecule has 7 heteroatoms. The predicted molar refractivity (Wildman–Crippen MR) is 94.1 cm³/mol. The molecule has 1 fully saturated rings. The number of alkyl halides is 3. The zero-order valence-corrected chi connectivity index (χ0v) is 14.4. The van der Waals surface area contributed by atoms with Gasteiger partial charge >= 0.3 is 6.18 Å². The van der Waals surface area contributed by atoms with E-state index < -0.39 is 11.7 Å². The summed E-state index contributed by atoms with van der Waals surface area (Å²) in [7, 11) is 1.58. The van der Waals surface area contributed by atoms with E-state index in [0.717, 1.165) is 24.6 Å². The van der Waals surface area contributed by atoms with Gasteiger partial charge in [-0.1, -0.05) is 6.07 Å². The lowest BCUT2D eigenvalue weighted by Crippen LogP contribution is -2.05. The average molecular weight is 361 g/mol. The van der Waals surface area contributed by atoms with Gasteiger partial charge in [0.15, 0.2) is 0 Å². The predicted octanol–water partition coefficient (Wildman–Crippen LogP) is 5.52. The maximum absolute atomic E-state index is 13.3. The van der Waals surface area contributed by atoms with E-state index in [-0.39, 0.29) is 17.0 Å². The molecule has 1 aliphatic rings. The number of nitrogens with one attached hydrogen (secondary N) is 2. The number of hydrogen-bond acceptors (Lipinski definition) is 3. The van der Waals surface area contributed by atoms with Gasteiger partial charge in [-0.2, -0.15) is 13.2 Å². The first-order valence-corrected chi connectivity index (χ1v) is 8.37. The fourth-order valence-electron chi connectivity index (χ4n) is 3.21. The van der Waals surface area contributed by atoms with Crippen LogP contribution in [0.1, 0.15) is 35.4 Å². The number of fused-ring (bicyclic) bond motifs is 1. The Hall–Kier alpha value is -2.70. The van der Waals surface area contributed by atoms with E-state index in [9.17, 15) is 13.2 Å². The summed E-state index contributed by atoms with van der Waals surface area (Å²) >= 11 is 0. The molecule has 2 heterocycles. The van der Waals surface area contributed by atoms with Gasteiger partial charge in [0.2, 0.25) is 0 Å². The highest BCUT2D eigenvalue weighted by Gasteiger charge is 2.37. The van der Waals surface area contributed by atoms with Crippen LogP contribution in [-0.2, 0) is 6.18 Å². The summed E-state index contributed by atoms with van der Waals surface area (Å²) in [5, 5.41) is 3.36. The van der Waals surface area contributed by atoms with Gasteiger partial charge in [0, 0.05) is 11.6 Å². The molecule has 4 rings (SSSR count). The van der Waals surface area contributed by atoms with Gasteiger partial charge in [-0.05, 0) is 55.0 Å². The average Bonchev–Trinajstić information content (AvgIpc) is 3.33. The first kappa shape index (κ1) is 16.8. The molecular formula is C19H18F3N3O. The number of pyridine rings is 1. The Morgan fingerprint density at radius 1 is 1.23 bits per heavy atom. The molecule has 0 amide bonds. The molecule has 3 aromatic rings. The molecule has 0 spiro atoms. The number of methoxy groups -OCH3 is 1. The number of anilines is 2. The number of benzene rings is 1. The highest BCUT2D eigenvalue weighted by Crippen LogP contribution is 2.47. The molecule has 1 saturated carbocycles. The summed E-state index contributed by atoms with van der Waals surface area (Å²) in [4.78, 5) is 7.03. The van der Waals surface area contributed by atoms with Crippen LogP contribution in [0.25, 0.3) is 11.0 Å². The molecule has 0 unspecified atom stereocenters. The van der Waals surface area contributed by atoms with Crippen molar-refractivity contribution in [3.05, 3.63) is 47.2 Å². The van der Waals surface area contributed by atoms with E-state index in [4.69, 9.17) is 4.74 Å². The molecular weight excluding hydrogens is 343 g/mol. The number of nitrogens with zero attached hydrogens (tertiary/aromatic N) is 1. The third-order valence-corrected chi connectivity index (χ3v) is 4.61. The topological polar surface area (TPSA) is 49.9 Å². The van der Waals surface area contributed by atoms with Crippen LogP contribution in [0.5, 0.6) is 5.75 Å². The normalized spacial score (nSPS) is 14.7. The van der Waals surface area contributed by atoms with Crippen molar-refractivity contribution in [2.75, 3.05) is 12.4 Å². The number of aromatic amines is 1. The molecule has 1 aromatic carbocycles. The standard InChI is InChI=1S/C19H18F3N3O/c1-10-3-6-14(15(7-10)26-2)24-16-8-12(11-4-5-11)17-13(19(20,21)22)9-23-18(17)25-16/h3,6-9,11H,4-5H2,1-2H3,(H2,23,24,25). The highest BCUT2D eigenvalue weighted by molar-refractivity contribution is 5.87. The molecule has 0 saturated heterocycles. The first-order chi connectivity index (χ1) is 12.4. The minimum Gasteiger partial charge on any atom is -0.495 e. The van der Waals surface area contributed by atoms with Gasteiger partial charge in [-0.25, -0.2) is 4.98 Å². The fourth-order valence-corrected chi connectivity index (χ4v) is 3.21. The van der Waals surface area contributed by atoms with Gasteiger partial charge < -0.3 is 15.0 Å². The lowest BCUT2D eigenvalue weighted by atomic mass is 10.0. The number of aromatic nitrogens is 2. The Morgan fingerprint density at radius 2 is 2.00 bits per heavy atom. The summed E-state index contributed by atoms with van der Waals surface area (Å²) in [6.07, 6.45) is -1.61. The van der Waals surface area contributed by atoms with Gasteiger partial charge in [0.25, 0.3) is 0 Å². The van der Waals surface area contributed by atoms with E-state index in [2.05, 4.69) is 15.3 Å². The molecule has 4 nitrogen and oxygen atoms in total. The van der Waals surface area contributed by atoms with Crippen LogP contribution in [-0.4, -0.2) is 17.1 Å². The number of aryl methyl sites for hydroxylation is 1. The Morgan fingerprint density at radius 3 is 2.65 bits per heavy atom.